The van der Waals surface area contributed by atoms with Crippen LogP contribution in [-0.4, -0.2) is 50.2 Å². The maximum absolute atomic E-state index is 6.38. The first-order valence-corrected chi connectivity index (χ1v) is 9.09. The lowest BCUT2D eigenvalue weighted by Crippen LogP contribution is -2.44. The third-order valence-corrected chi connectivity index (χ3v) is 5.22. The number of ether oxygens (including phenoxy) is 1. The third-order valence-electron chi connectivity index (χ3n) is 4.26. The Morgan fingerprint density at radius 2 is 2.25 bits per heavy atom. The van der Waals surface area contributed by atoms with Gasteiger partial charge in [0.2, 0.25) is 0 Å². The van der Waals surface area contributed by atoms with E-state index < -0.39 is 0 Å². The summed E-state index contributed by atoms with van der Waals surface area (Å²) in [6, 6.07) is 4.30. The van der Waals surface area contributed by atoms with Gasteiger partial charge in [0.05, 0.1) is 24.9 Å². The van der Waals surface area contributed by atoms with Crippen molar-refractivity contribution in [1.82, 2.24) is 24.4 Å². The van der Waals surface area contributed by atoms with Crippen LogP contribution in [0.25, 0.3) is 16.8 Å². The molecule has 3 aromatic heterocycles. The number of rotatable bonds is 2. The number of anilines is 1. The van der Waals surface area contributed by atoms with Crippen molar-refractivity contribution in [3.63, 3.8) is 0 Å². The molecule has 0 aromatic carbocycles. The Morgan fingerprint density at radius 1 is 1.42 bits per heavy atom. The summed E-state index contributed by atoms with van der Waals surface area (Å²) in [4.78, 5) is 6.63. The van der Waals surface area contributed by atoms with Crippen molar-refractivity contribution in [2.75, 3.05) is 24.7 Å². The Hall–Kier alpha value is -1.39. The fraction of sp³-hybridized carbons (Fsp3) is 0.400. The molecule has 3 aromatic rings. The molecule has 0 spiro atoms. The van der Waals surface area contributed by atoms with Crippen LogP contribution in [0.4, 0.5) is 5.82 Å². The van der Waals surface area contributed by atoms with E-state index in [9.17, 15) is 0 Å². The molecule has 0 bridgehead atoms. The molecular formula is C15H16ClIN6O. The van der Waals surface area contributed by atoms with Crippen LogP contribution in [0.15, 0.2) is 18.3 Å². The lowest BCUT2D eigenvalue weighted by molar-refractivity contribution is 0.0984. The van der Waals surface area contributed by atoms with E-state index in [1.807, 2.05) is 22.3 Å². The molecule has 0 radical (unpaired) electrons. The van der Waals surface area contributed by atoms with Crippen LogP contribution in [-0.2, 0) is 11.8 Å². The third kappa shape index (κ3) is 2.56. The molecule has 1 fully saturated rings. The van der Waals surface area contributed by atoms with Crippen molar-refractivity contribution in [2.45, 2.75) is 13.0 Å². The number of morpholine rings is 1. The first-order valence-electron chi connectivity index (χ1n) is 7.64. The van der Waals surface area contributed by atoms with Crippen molar-refractivity contribution in [2.24, 2.45) is 7.05 Å². The minimum absolute atomic E-state index is 0.264. The molecule has 1 aliphatic rings. The van der Waals surface area contributed by atoms with Crippen molar-refractivity contribution < 1.29 is 4.74 Å². The largest absolute Gasteiger partial charge is 0.377 e. The van der Waals surface area contributed by atoms with Crippen LogP contribution in [0.2, 0.25) is 5.15 Å². The molecule has 9 heteroatoms. The summed E-state index contributed by atoms with van der Waals surface area (Å²) >= 11 is 8.53. The van der Waals surface area contributed by atoms with Gasteiger partial charge < -0.3 is 9.64 Å². The average molecular weight is 459 g/mol. The van der Waals surface area contributed by atoms with Gasteiger partial charge in [0, 0.05) is 47.9 Å². The molecule has 4 heterocycles. The molecular weight excluding hydrogens is 443 g/mol. The van der Waals surface area contributed by atoms with E-state index in [2.05, 4.69) is 50.6 Å². The number of halogens is 2. The standard InChI is InChI=1S/C15H16ClIN6O/c1-9-8-24-6-5-22(9)12-7-10(11-3-4-18-21(11)2)13-14(16)19-15(17)23(13)20-12/h3-4,7,9H,5-6,8H2,1-2H3/t9-/m1/s1. The van der Waals surface area contributed by atoms with Gasteiger partial charge in [0.1, 0.15) is 5.52 Å². The van der Waals surface area contributed by atoms with Crippen LogP contribution in [0.5, 0.6) is 0 Å². The number of aromatic nitrogens is 5. The fourth-order valence-corrected chi connectivity index (χ4v) is 4.04. The van der Waals surface area contributed by atoms with Crippen LogP contribution in [0, 0.1) is 3.83 Å². The number of nitrogens with zero attached hydrogens (tertiary/aromatic N) is 6. The minimum Gasteiger partial charge on any atom is -0.377 e. The van der Waals surface area contributed by atoms with Gasteiger partial charge in [0.15, 0.2) is 14.8 Å². The molecule has 0 saturated carbocycles. The van der Waals surface area contributed by atoms with Crippen molar-refractivity contribution in [3.05, 3.63) is 27.3 Å². The highest BCUT2D eigenvalue weighted by atomic mass is 127. The first kappa shape index (κ1) is 16.1. The average Bonchev–Trinajstić information content (AvgIpc) is 3.11. The van der Waals surface area contributed by atoms with Gasteiger partial charge >= 0.3 is 0 Å². The zero-order valence-corrected chi connectivity index (χ0v) is 16.2. The zero-order valence-electron chi connectivity index (χ0n) is 13.3. The van der Waals surface area contributed by atoms with Gasteiger partial charge in [-0.2, -0.15) is 5.10 Å². The molecule has 24 heavy (non-hydrogen) atoms. The summed E-state index contributed by atoms with van der Waals surface area (Å²) in [6.45, 7) is 4.35. The van der Waals surface area contributed by atoms with Crippen molar-refractivity contribution in [3.8, 4) is 11.3 Å². The number of fused-ring (bicyclic) bond motifs is 1. The van der Waals surface area contributed by atoms with E-state index in [1.54, 1.807) is 6.20 Å². The predicted octanol–water partition coefficient (Wildman–Crippen LogP) is 2.61. The van der Waals surface area contributed by atoms with Crippen molar-refractivity contribution in [1.29, 1.82) is 0 Å². The van der Waals surface area contributed by atoms with Crippen LogP contribution in [0.3, 0.4) is 0 Å². The summed E-state index contributed by atoms with van der Waals surface area (Å²) < 4.78 is 9.92. The quantitative estimate of drug-likeness (QED) is 0.553. The van der Waals surface area contributed by atoms with E-state index in [1.165, 1.54) is 0 Å². The molecule has 126 valence electrons. The fourth-order valence-electron chi connectivity index (χ4n) is 3.05. The molecule has 4 rings (SSSR count). The maximum Gasteiger partial charge on any atom is 0.194 e. The Balaban J connectivity index is 1.97. The summed E-state index contributed by atoms with van der Waals surface area (Å²) in [7, 11) is 1.92. The molecule has 7 nitrogen and oxygen atoms in total. The molecule has 1 aliphatic heterocycles. The van der Waals surface area contributed by atoms with E-state index >= 15 is 0 Å². The highest BCUT2D eigenvalue weighted by Crippen LogP contribution is 2.33. The topological polar surface area (TPSA) is 60.5 Å². The highest BCUT2D eigenvalue weighted by Gasteiger charge is 2.24. The Labute approximate surface area is 157 Å². The van der Waals surface area contributed by atoms with Gasteiger partial charge in [-0.1, -0.05) is 11.6 Å². The Kier molecular flexibility index (Phi) is 4.13. The number of aryl methyl sites for hydroxylation is 1. The van der Waals surface area contributed by atoms with Gasteiger partial charge in [-0.3, -0.25) is 4.68 Å². The lowest BCUT2D eigenvalue weighted by Gasteiger charge is -2.34. The number of imidazole rings is 1. The minimum atomic E-state index is 0.264. The second-order valence-corrected chi connectivity index (χ2v) is 7.13. The Morgan fingerprint density at radius 3 is 2.96 bits per heavy atom. The summed E-state index contributed by atoms with van der Waals surface area (Å²) in [5.74, 6) is 0.890. The van der Waals surface area contributed by atoms with Gasteiger partial charge in [-0.15, -0.1) is 5.10 Å². The molecule has 0 amide bonds. The second kappa shape index (κ2) is 6.16. The van der Waals surface area contributed by atoms with Gasteiger partial charge in [-0.25, -0.2) is 9.50 Å². The molecule has 0 aliphatic carbocycles. The first-order chi connectivity index (χ1) is 11.6. The SMILES string of the molecule is C[C@@H]1COCCN1c1cc(-c2ccnn2C)c2c(Cl)nc(I)n2n1. The molecule has 1 saturated heterocycles. The summed E-state index contributed by atoms with van der Waals surface area (Å²) in [6.07, 6.45) is 1.78. The zero-order chi connectivity index (χ0) is 16.8. The van der Waals surface area contributed by atoms with Crippen LogP contribution in [0.1, 0.15) is 6.92 Å². The lowest BCUT2D eigenvalue weighted by atomic mass is 10.1. The van der Waals surface area contributed by atoms with Crippen LogP contribution >= 0.6 is 34.2 Å². The highest BCUT2D eigenvalue weighted by molar-refractivity contribution is 14.1. The smallest absolute Gasteiger partial charge is 0.194 e. The molecule has 0 unspecified atom stereocenters. The Bertz CT molecular complexity index is 907. The van der Waals surface area contributed by atoms with Crippen molar-refractivity contribution >= 4 is 45.5 Å². The predicted molar refractivity (Wildman–Crippen MR) is 101 cm³/mol. The number of hydrogen-bond acceptors (Lipinski definition) is 5. The van der Waals surface area contributed by atoms with E-state index in [4.69, 9.17) is 21.4 Å². The summed E-state index contributed by atoms with van der Waals surface area (Å²) in [5, 5.41) is 9.50. The number of hydrogen-bond donors (Lipinski definition) is 0. The normalized spacial score (nSPS) is 18.5. The monoisotopic (exact) mass is 458 g/mol. The van der Waals surface area contributed by atoms with Gasteiger partial charge in [0.25, 0.3) is 0 Å². The van der Waals surface area contributed by atoms with Crippen LogP contribution < -0.4 is 4.90 Å². The molecule has 1 atom stereocenters. The van der Waals surface area contributed by atoms with E-state index in [-0.39, 0.29) is 6.04 Å². The second-order valence-electron chi connectivity index (χ2n) is 5.81. The van der Waals surface area contributed by atoms with E-state index in [0.717, 1.165) is 33.0 Å². The van der Waals surface area contributed by atoms with E-state index in [0.29, 0.717) is 18.4 Å². The summed E-state index contributed by atoms with van der Waals surface area (Å²) in [5.41, 5.74) is 2.75. The maximum atomic E-state index is 6.38. The molecule has 0 N–H and O–H groups in total. The van der Waals surface area contributed by atoms with Gasteiger partial charge in [-0.05, 0) is 19.1 Å².